The van der Waals surface area contributed by atoms with E-state index in [1.165, 1.54) is 0 Å². The first-order valence-corrected chi connectivity index (χ1v) is 10.3. The van der Waals surface area contributed by atoms with Gasteiger partial charge in [0.1, 0.15) is 0 Å². The van der Waals surface area contributed by atoms with Gasteiger partial charge in [-0.2, -0.15) is 0 Å². The third-order valence-corrected chi connectivity index (χ3v) is 6.28. The number of aryl methyl sites for hydroxylation is 1. The van der Waals surface area contributed by atoms with Crippen molar-refractivity contribution >= 4 is 11.9 Å². The molecule has 1 aromatic carbocycles. The summed E-state index contributed by atoms with van der Waals surface area (Å²) in [4.78, 5) is 26.9. The molecule has 152 valence electrons. The first kappa shape index (κ1) is 18.5. The van der Waals surface area contributed by atoms with Crippen molar-refractivity contribution in [3.05, 3.63) is 52.8 Å². The zero-order chi connectivity index (χ0) is 19.8. The minimum Gasteiger partial charge on any atom is -0.378 e. The standard InChI is InChI=1S/C22H26N4O3/c1-16-18-13-29-15-22(19(18)24-21(23-16)25-9-11-28-12-10-25)7-8-26(14-22)20(27)17-5-3-2-4-6-17/h2-6H,7-15H2,1H3/t22-/m1/s1. The van der Waals surface area contributed by atoms with Crippen LogP contribution in [0.3, 0.4) is 0 Å². The highest BCUT2D eigenvalue weighted by Gasteiger charge is 2.47. The van der Waals surface area contributed by atoms with E-state index in [0.717, 1.165) is 48.0 Å². The zero-order valence-electron chi connectivity index (χ0n) is 16.8. The Morgan fingerprint density at radius 2 is 1.86 bits per heavy atom. The first-order chi connectivity index (χ1) is 14.2. The summed E-state index contributed by atoms with van der Waals surface area (Å²) >= 11 is 0. The number of likely N-dealkylation sites (tertiary alicyclic amines) is 1. The highest BCUT2D eigenvalue weighted by atomic mass is 16.5. The van der Waals surface area contributed by atoms with Gasteiger partial charge in [-0.25, -0.2) is 9.97 Å². The van der Waals surface area contributed by atoms with Crippen LogP contribution in [-0.2, 0) is 21.5 Å². The maximum Gasteiger partial charge on any atom is 0.253 e. The van der Waals surface area contributed by atoms with Gasteiger partial charge in [-0.15, -0.1) is 0 Å². The lowest BCUT2D eigenvalue weighted by Crippen LogP contribution is -2.43. The van der Waals surface area contributed by atoms with Gasteiger partial charge in [0.2, 0.25) is 5.95 Å². The monoisotopic (exact) mass is 394 g/mol. The molecule has 0 saturated carbocycles. The Morgan fingerprint density at radius 1 is 1.07 bits per heavy atom. The van der Waals surface area contributed by atoms with E-state index in [2.05, 4.69) is 4.90 Å². The van der Waals surface area contributed by atoms with Crippen LogP contribution in [0.5, 0.6) is 0 Å². The van der Waals surface area contributed by atoms with Crippen molar-refractivity contribution < 1.29 is 14.3 Å². The number of ether oxygens (including phenoxy) is 2. The molecule has 0 aliphatic carbocycles. The predicted molar refractivity (Wildman–Crippen MR) is 108 cm³/mol. The van der Waals surface area contributed by atoms with Crippen molar-refractivity contribution in [2.75, 3.05) is 50.9 Å². The number of aromatic nitrogens is 2. The molecule has 0 unspecified atom stereocenters. The van der Waals surface area contributed by atoms with Gasteiger partial charge >= 0.3 is 0 Å². The van der Waals surface area contributed by atoms with E-state index in [4.69, 9.17) is 19.4 Å². The molecule has 3 aliphatic rings. The van der Waals surface area contributed by atoms with Crippen molar-refractivity contribution in [2.24, 2.45) is 0 Å². The number of benzene rings is 1. The van der Waals surface area contributed by atoms with Gasteiger partial charge in [-0.3, -0.25) is 4.79 Å². The molecule has 2 fully saturated rings. The Balaban J connectivity index is 1.47. The van der Waals surface area contributed by atoms with Crippen LogP contribution in [0.15, 0.2) is 30.3 Å². The number of morpholine rings is 1. The van der Waals surface area contributed by atoms with Crippen LogP contribution in [-0.4, -0.2) is 66.8 Å². The quantitative estimate of drug-likeness (QED) is 0.776. The second kappa shape index (κ2) is 7.39. The van der Waals surface area contributed by atoms with Gasteiger partial charge in [-0.05, 0) is 25.5 Å². The van der Waals surface area contributed by atoms with Crippen LogP contribution >= 0.6 is 0 Å². The van der Waals surface area contributed by atoms with Crippen LogP contribution < -0.4 is 4.90 Å². The number of carbonyl (C=O) groups is 1. The van der Waals surface area contributed by atoms with Crippen LogP contribution in [0.1, 0.15) is 33.7 Å². The van der Waals surface area contributed by atoms with Crippen molar-refractivity contribution in [2.45, 2.75) is 25.4 Å². The van der Waals surface area contributed by atoms with Gasteiger partial charge in [0.25, 0.3) is 5.91 Å². The molecule has 1 aromatic heterocycles. The molecule has 1 atom stereocenters. The summed E-state index contributed by atoms with van der Waals surface area (Å²) in [5, 5.41) is 0. The Morgan fingerprint density at radius 3 is 2.66 bits per heavy atom. The largest absolute Gasteiger partial charge is 0.378 e. The number of amides is 1. The molecule has 29 heavy (non-hydrogen) atoms. The molecule has 1 amide bonds. The topological polar surface area (TPSA) is 67.8 Å². The van der Waals surface area contributed by atoms with Gasteiger partial charge in [0.05, 0.1) is 37.5 Å². The average Bonchev–Trinajstić information content (AvgIpc) is 3.20. The smallest absolute Gasteiger partial charge is 0.253 e. The lowest BCUT2D eigenvalue weighted by molar-refractivity contribution is 0.0479. The highest BCUT2D eigenvalue weighted by Crippen LogP contribution is 2.40. The van der Waals surface area contributed by atoms with Crippen LogP contribution in [0.2, 0.25) is 0 Å². The minimum absolute atomic E-state index is 0.0776. The van der Waals surface area contributed by atoms with Crippen molar-refractivity contribution in [3.8, 4) is 0 Å². The highest BCUT2D eigenvalue weighted by molar-refractivity contribution is 5.94. The fraction of sp³-hybridized carbons (Fsp3) is 0.500. The number of hydrogen-bond acceptors (Lipinski definition) is 6. The second-order valence-electron chi connectivity index (χ2n) is 8.15. The first-order valence-electron chi connectivity index (χ1n) is 10.3. The molecule has 2 aromatic rings. The van der Waals surface area contributed by atoms with E-state index in [1.54, 1.807) is 0 Å². The van der Waals surface area contributed by atoms with Crippen molar-refractivity contribution in [1.82, 2.24) is 14.9 Å². The molecular weight excluding hydrogens is 368 g/mol. The van der Waals surface area contributed by atoms with Gasteiger partial charge in [0, 0.05) is 43.0 Å². The Hall–Kier alpha value is -2.51. The second-order valence-corrected chi connectivity index (χ2v) is 8.15. The van der Waals surface area contributed by atoms with Gasteiger partial charge in [0.15, 0.2) is 0 Å². The molecule has 3 aliphatic heterocycles. The van der Waals surface area contributed by atoms with E-state index in [0.29, 0.717) is 39.5 Å². The Bertz CT molecular complexity index is 914. The lowest BCUT2D eigenvalue weighted by Gasteiger charge is -2.36. The molecular formula is C22H26N4O3. The molecule has 5 rings (SSSR count). The van der Waals surface area contributed by atoms with Crippen molar-refractivity contribution in [1.29, 1.82) is 0 Å². The maximum atomic E-state index is 13.0. The molecule has 0 N–H and O–H groups in total. The van der Waals surface area contributed by atoms with E-state index < -0.39 is 0 Å². The minimum atomic E-state index is -0.257. The van der Waals surface area contributed by atoms with Crippen LogP contribution in [0, 0.1) is 6.92 Å². The maximum absolute atomic E-state index is 13.0. The summed E-state index contributed by atoms with van der Waals surface area (Å²) in [5.41, 5.74) is 3.60. The summed E-state index contributed by atoms with van der Waals surface area (Å²) in [5.74, 6) is 0.854. The zero-order valence-corrected chi connectivity index (χ0v) is 16.8. The lowest BCUT2D eigenvalue weighted by atomic mass is 9.80. The Labute approximate surface area is 170 Å². The fourth-order valence-electron chi connectivity index (χ4n) is 4.63. The van der Waals surface area contributed by atoms with Gasteiger partial charge in [-0.1, -0.05) is 18.2 Å². The molecule has 0 radical (unpaired) electrons. The summed E-state index contributed by atoms with van der Waals surface area (Å²) in [6, 6.07) is 9.50. The predicted octanol–water partition coefficient (Wildman–Crippen LogP) is 1.94. The normalized spacial score (nSPS) is 24.0. The Kier molecular flexibility index (Phi) is 4.72. The summed E-state index contributed by atoms with van der Waals surface area (Å²) < 4.78 is 11.5. The fourth-order valence-corrected chi connectivity index (χ4v) is 4.63. The number of hydrogen-bond donors (Lipinski definition) is 0. The SMILES string of the molecule is Cc1nc(N2CCOCC2)nc2c1COC[C@]21CCN(C(=O)c2ccccc2)C1. The molecule has 4 heterocycles. The van der Waals surface area contributed by atoms with E-state index in [-0.39, 0.29) is 11.3 Å². The van der Waals surface area contributed by atoms with Crippen molar-refractivity contribution in [3.63, 3.8) is 0 Å². The summed E-state index contributed by atoms with van der Waals surface area (Å²) in [7, 11) is 0. The molecule has 0 bridgehead atoms. The van der Waals surface area contributed by atoms with E-state index >= 15 is 0 Å². The molecule has 7 heteroatoms. The van der Waals surface area contributed by atoms with Crippen LogP contribution in [0.25, 0.3) is 0 Å². The summed E-state index contributed by atoms with van der Waals surface area (Å²) in [6.45, 7) is 7.53. The number of carbonyl (C=O) groups excluding carboxylic acids is 1. The van der Waals surface area contributed by atoms with E-state index in [9.17, 15) is 4.79 Å². The average molecular weight is 394 g/mol. The number of nitrogens with zero attached hydrogens (tertiary/aromatic N) is 4. The van der Waals surface area contributed by atoms with E-state index in [1.807, 2.05) is 42.2 Å². The summed E-state index contributed by atoms with van der Waals surface area (Å²) in [6.07, 6.45) is 0.859. The third kappa shape index (κ3) is 3.28. The molecule has 7 nitrogen and oxygen atoms in total. The van der Waals surface area contributed by atoms with Crippen LogP contribution in [0.4, 0.5) is 5.95 Å². The third-order valence-electron chi connectivity index (χ3n) is 6.28. The number of rotatable bonds is 2. The van der Waals surface area contributed by atoms with Gasteiger partial charge < -0.3 is 19.3 Å². The molecule has 2 saturated heterocycles. The molecule has 1 spiro atoms. The number of fused-ring (bicyclic) bond motifs is 2. The number of anilines is 1.